The van der Waals surface area contributed by atoms with Crippen molar-refractivity contribution in [2.24, 2.45) is 5.41 Å². The van der Waals surface area contributed by atoms with Crippen LogP contribution in [0.4, 0.5) is 0 Å². The molecule has 0 saturated heterocycles. The number of ketones is 1. The van der Waals surface area contributed by atoms with Gasteiger partial charge in [-0.15, -0.1) is 0 Å². The van der Waals surface area contributed by atoms with Crippen molar-refractivity contribution < 1.29 is 14.3 Å². The molecule has 0 fully saturated rings. The van der Waals surface area contributed by atoms with E-state index >= 15 is 0 Å². The maximum atomic E-state index is 11.7. The standard InChI is InChI=1S/C13H20O3/c1-5-7-9-13(8-6-2,11(3)14)10-12(15)16-4/h5-8H,9-10H2,1-4H3/b7-5+,8-6+. The first-order chi connectivity index (χ1) is 7.52. The number of hydrogen-bond acceptors (Lipinski definition) is 3. The van der Waals surface area contributed by atoms with Crippen molar-refractivity contribution in [3.05, 3.63) is 24.3 Å². The Morgan fingerprint density at radius 3 is 2.25 bits per heavy atom. The number of Topliss-reactive ketones (excluding diaryl/α,β-unsaturated/α-hetero) is 1. The highest BCUT2D eigenvalue weighted by atomic mass is 16.5. The van der Waals surface area contributed by atoms with Gasteiger partial charge in [-0.25, -0.2) is 0 Å². The van der Waals surface area contributed by atoms with Gasteiger partial charge < -0.3 is 4.74 Å². The van der Waals surface area contributed by atoms with Gasteiger partial charge in [0.15, 0.2) is 0 Å². The van der Waals surface area contributed by atoms with Crippen LogP contribution in [0.3, 0.4) is 0 Å². The molecule has 0 spiro atoms. The van der Waals surface area contributed by atoms with E-state index in [0.29, 0.717) is 6.42 Å². The van der Waals surface area contributed by atoms with Crippen LogP contribution in [0.5, 0.6) is 0 Å². The molecule has 0 aliphatic carbocycles. The van der Waals surface area contributed by atoms with E-state index in [4.69, 9.17) is 0 Å². The number of methoxy groups -OCH3 is 1. The Labute approximate surface area is 97.2 Å². The summed E-state index contributed by atoms with van der Waals surface area (Å²) in [6.45, 7) is 5.23. The van der Waals surface area contributed by atoms with E-state index in [9.17, 15) is 9.59 Å². The van der Waals surface area contributed by atoms with Crippen molar-refractivity contribution in [1.29, 1.82) is 0 Å². The molecule has 0 N–H and O–H groups in total. The summed E-state index contributed by atoms with van der Waals surface area (Å²) in [5.74, 6) is -0.382. The van der Waals surface area contributed by atoms with Gasteiger partial charge in [0.2, 0.25) is 0 Å². The predicted molar refractivity (Wildman–Crippen MR) is 64.0 cm³/mol. The SMILES string of the molecule is C/C=C/CC(/C=C/C)(CC(=O)OC)C(C)=O. The molecular weight excluding hydrogens is 204 g/mol. The molecule has 0 aromatic rings. The van der Waals surface area contributed by atoms with Crippen LogP contribution in [0, 0.1) is 5.41 Å². The quantitative estimate of drug-likeness (QED) is 0.514. The molecule has 0 aromatic heterocycles. The summed E-state index contributed by atoms with van der Waals surface area (Å²) in [6, 6.07) is 0. The number of esters is 1. The van der Waals surface area contributed by atoms with Gasteiger partial charge in [0.25, 0.3) is 0 Å². The number of carbonyl (C=O) groups excluding carboxylic acids is 2. The lowest BCUT2D eigenvalue weighted by molar-refractivity contribution is -0.145. The first kappa shape index (κ1) is 14.6. The van der Waals surface area contributed by atoms with Crippen LogP contribution >= 0.6 is 0 Å². The van der Waals surface area contributed by atoms with E-state index in [1.165, 1.54) is 14.0 Å². The maximum absolute atomic E-state index is 11.7. The molecule has 0 rings (SSSR count). The fourth-order valence-corrected chi connectivity index (χ4v) is 1.56. The van der Waals surface area contributed by atoms with Gasteiger partial charge in [-0.05, 0) is 27.2 Å². The minimum Gasteiger partial charge on any atom is -0.469 e. The van der Waals surface area contributed by atoms with Crippen molar-refractivity contribution in [3.8, 4) is 0 Å². The smallest absolute Gasteiger partial charge is 0.306 e. The van der Waals surface area contributed by atoms with E-state index < -0.39 is 5.41 Å². The minimum absolute atomic E-state index is 0.0194. The molecule has 0 amide bonds. The van der Waals surface area contributed by atoms with Crippen molar-refractivity contribution >= 4 is 11.8 Å². The third-order valence-corrected chi connectivity index (χ3v) is 2.59. The molecule has 0 radical (unpaired) electrons. The summed E-state index contributed by atoms with van der Waals surface area (Å²) in [6.07, 6.45) is 7.97. The van der Waals surface area contributed by atoms with Gasteiger partial charge in [0.1, 0.15) is 5.78 Å². The van der Waals surface area contributed by atoms with E-state index in [1.54, 1.807) is 12.2 Å². The van der Waals surface area contributed by atoms with Gasteiger partial charge in [-0.1, -0.05) is 24.3 Å². The molecule has 0 aliphatic heterocycles. The summed E-state index contributed by atoms with van der Waals surface area (Å²) in [5.41, 5.74) is -0.756. The normalized spacial score (nSPS) is 15.2. The first-order valence-corrected chi connectivity index (χ1v) is 5.35. The van der Waals surface area contributed by atoms with Crippen LogP contribution in [0.15, 0.2) is 24.3 Å². The zero-order valence-corrected chi connectivity index (χ0v) is 10.4. The Morgan fingerprint density at radius 2 is 1.88 bits per heavy atom. The van der Waals surface area contributed by atoms with Crippen molar-refractivity contribution in [1.82, 2.24) is 0 Å². The summed E-state index contributed by atoms with van der Waals surface area (Å²) in [4.78, 5) is 23.1. The van der Waals surface area contributed by atoms with Crippen molar-refractivity contribution in [2.45, 2.75) is 33.6 Å². The largest absolute Gasteiger partial charge is 0.469 e. The molecule has 90 valence electrons. The van der Waals surface area contributed by atoms with Gasteiger partial charge in [0.05, 0.1) is 18.9 Å². The lowest BCUT2D eigenvalue weighted by atomic mass is 9.77. The Morgan fingerprint density at radius 1 is 1.25 bits per heavy atom. The van der Waals surface area contributed by atoms with Crippen LogP contribution in [0.25, 0.3) is 0 Å². The maximum Gasteiger partial charge on any atom is 0.306 e. The molecule has 16 heavy (non-hydrogen) atoms. The molecule has 0 bridgehead atoms. The third-order valence-electron chi connectivity index (χ3n) is 2.59. The Kier molecular flexibility index (Phi) is 6.38. The molecular formula is C13H20O3. The van der Waals surface area contributed by atoms with Crippen LogP contribution in [0.2, 0.25) is 0 Å². The Hall–Kier alpha value is -1.38. The first-order valence-electron chi connectivity index (χ1n) is 5.35. The number of rotatable bonds is 6. The molecule has 0 saturated carbocycles. The third kappa shape index (κ3) is 4.01. The van der Waals surface area contributed by atoms with Crippen LogP contribution in [0.1, 0.15) is 33.6 Å². The lowest BCUT2D eigenvalue weighted by Gasteiger charge is -2.25. The van der Waals surface area contributed by atoms with Gasteiger partial charge >= 0.3 is 5.97 Å². The van der Waals surface area contributed by atoms with E-state index in [-0.39, 0.29) is 18.2 Å². The molecule has 3 nitrogen and oxygen atoms in total. The number of ether oxygens (including phenoxy) is 1. The highest BCUT2D eigenvalue weighted by molar-refractivity contribution is 5.89. The van der Waals surface area contributed by atoms with Crippen LogP contribution < -0.4 is 0 Å². The predicted octanol–water partition coefficient (Wildman–Crippen LogP) is 2.67. The molecule has 0 aromatic carbocycles. The second kappa shape index (κ2) is 6.99. The molecule has 0 aliphatic rings. The van der Waals surface area contributed by atoms with Crippen molar-refractivity contribution in [3.63, 3.8) is 0 Å². The summed E-state index contributed by atoms with van der Waals surface area (Å²) in [7, 11) is 1.33. The van der Waals surface area contributed by atoms with Crippen LogP contribution in [-0.2, 0) is 14.3 Å². The second-order valence-electron chi connectivity index (χ2n) is 3.74. The van der Waals surface area contributed by atoms with E-state index in [0.717, 1.165) is 0 Å². The monoisotopic (exact) mass is 224 g/mol. The summed E-state index contributed by atoms with van der Waals surface area (Å²) < 4.78 is 4.63. The molecule has 1 unspecified atom stereocenters. The zero-order valence-electron chi connectivity index (χ0n) is 10.4. The fourth-order valence-electron chi connectivity index (χ4n) is 1.56. The molecule has 3 heteroatoms. The minimum atomic E-state index is -0.756. The lowest BCUT2D eigenvalue weighted by Crippen LogP contribution is -2.30. The average molecular weight is 224 g/mol. The second-order valence-corrected chi connectivity index (χ2v) is 3.74. The molecule has 0 heterocycles. The highest BCUT2D eigenvalue weighted by Crippen LogP contribution is 2.31. The fraction of sp³-hybridized carbons (Fsp3) is 0.538. The number of allylic oxidation sites excluding steroid dienone is 4. The topological polar surface area (TPSA) is 43.4 Å². The van der Waals surface area contributed by atoms with Crippen molar-refractivity contribution in [2.75, 3.05) is 7.11 Å². The number of hydrogen-bond donors (Lipinski definition) is 0. The average Bonchev–Trinajstić information content (AvgIpc) is 2.25. The van der Waals surface area contributed by atoms with Gasteiger partial charge in [0, 0.05) is 0 Å². The highest BCUT2D eigenvalue weighted by Gasteiger charge is 2.34. The van der Waals surface area contributed by atoms with Crippen LogP contribution in [-0.4, -0.2) is 18.9 Å². The van der Waals surface area contributed by atoms with E-state index in [1.807, 2.05) is 26.0 Å². The summed E-state index contributed by atoms with van der Waals surface area (Å²) >= 11 is 0. The van der Waals surface area contributed by atoms with Gasteiger partial charge in [-0.3, -0.25) is 9.59 Å². The van der Waals surface area contributed by atoms with E-state index in [2.05, 4.69) is 4.74 Å². The summed E-state index contributed by atoms with van der Waals surface area (Å²) in [5, 5.41) is 0. The Balaban J connectivity index is 5.08. The van der Waals surface area contributed by atoms with Gasteiger partial charge in [-0.2, -0.15) is 0 Å². The number of carbonyl (C=O) groups is 2. The molecule has 1 atom stereocenters. The Bertz CT molecular complexity index is 302. The zero-order chi connectivity index (χ0) is 12.6.